The van der Waals surface area contributed by atoms with Crippen LogP contribution < -0.4 is 0 Å². The molecule has 0 aromatic rings. The molecule has 0 fully saturated rings. The molecule has 0 amide bonds. The van der Waals surface area contributed by atoms with E-state index in [2.05, 4.69) is 106 Å². The number of carbonyl (C=O) groups excluding carboxylic acids is 3. The predicted molar refractivity (Wildman–Crippen MR) is 344 cm³/mol. The summed E-state index contributed by atoms with van der Waals surface area (Å²) in [6, 6.07) is 0. The first kappa shape index (κ1) is 75.6. The van der Waals surface area contributed by atoms with Crippen LogP contribution in [0.4, 0.5) is 0 Å². The second kappa shape index (κ2) is 67.1. The number of carbonyl (C=O) groups is 3. The number of hydrogen-bond acceptors (Lipinski definition) is 6. The van der Waals surface area contributed by atoms with E-state index in [1.54, 1.807) is 0 Å². The molecule has 0 aromatic carbocycles. The zero-order valence-electron chi connectivity index (χ0n) is 52.4. The van der Waals surface area contributed by atoms with Gasteiger partial charge in [0.05, 0.1) is 0 Å². The van der Waals surface area contributed by atoms with Crippen LogP contribution in [0.3, 0.4) is 0 Å². The molecule has 0 radical (unpaired) electrons. The monoisotopic (exact) mass is 1100 g/mol. The molecule has 0 spiro atoms. The SMILES string of the molecule is CC/C=C\C/C=C\C/C=C\C/C=C\C/C=C\CCCCCCCCCCCCCCCCCCCC(=O)OCC(COC(=O)CCCCCCC/C=C\CCC)OC(=O)CCCCCCCCC/C=C\CCCCCCCCC. The van der Waals surface area contributed by atoms with Gasteiger partial charge in [-0.1, -0.05) is 298 Å². The number of unbranched alkanes of at least 4 members (excludes halogenated alkanes) is 37. The van der Waals surface area contributed by atoms with Gasteiger partial charge in [-0.25, -0.2) is 0 Å². The van der Waals surface area contributed by atoms with E-state index in [1.165, 1.54) is 199 Å². The zero-order valence-corrected chi connectivity index (χ0v) is 52.4. The van der Waals surface area contributed by atoms with E-state index in [0.29, 0.717) is 19.3 Å². The lowest BCUT2D eigenvalue weighted by molar-refractivity contribution is -0.167. The Morgan fingerprint density at radius 1 is 0.266 bits per heavy atom. The van der Waals surface area contributed by atoms with Crippen molar-refractivity contribution in [1.29, 1.82) is 0 Å². The summed E-state index contributed by atoms with van der Waals surface area (Å²) >= 11 is 0. The molecule has 1 unspecified atom stereocenters. The van der Waals surface area contributed by atoms with Crippen molar-refractivity contribution >= 4 is 17.9 Å². The molecule has 1 atom stereocenters. The van der Waals surface area contributed by atoms with Crippen LogP contribution in [0.2, 0.25) is 0 Å². The second-order valence-electron chi connectivity index (χ2n) is 22.7. The molecular weight excluding hydrogens is 973 g/mol. The summed E-state index contributed by atoms with van der Waals surface area (Å²) in [5, 5.41) is 0. The van der Waals surface area contributed by atoms with E-state index in [9.17, 15) is 14.4 Å². The normalized spacial score (nSPS) is 12.6. The summed E-state index contributed by atoms with van der Waals surface area (Å²) in [6.45, 7) is 6.49. The third kappa shape index (κ3) is 65.3. The van der Waals surface area contributed by atoms with Crippen LogP contribution in [0.25, 0.3) is 0 Å². The molecule has 456 valence electrons. The largest absolute Gasteiger partial charge is 0.462 e. The lowest BCUT2D eigenvalue weighted by Crippen LogP contribution is -2.30. The minimum Gasteiger partial charge on any atom is -0.462 e. The van der Waals surface area contributed by atoms with Gasteiger partial charge >= 0.3 is 17.9 Å². The number of ether oxygens (including phenoxy) is 3. The quantitative estimate of drug-likeness (QED) is 0.0261. The molecule has 0 heterocycles. The average Bonchev–Trinajstić information content (AvgIpc) is 3.45. The summed E-state index contributed by atoms with van der Waals surface area (Å²) in [6.07, 6.45) is 89.1. The third-order valence-corrected chi connectivity index (χ3v) is 14.8. The van der Waals surface area contributed by atoms with Crippen molar-refractivity contribution in [3.05, 3.63) is 85.1 Å². The lowest BCUT2D eigenvalue weighted by Gasteiger charge is -2.18. The maximum atomic E-state index is 12.9. The molecule has 0 saturated carbocycles. The molecule has 0 saturated heterocycles. The van der Waals surface area contributed by atoms with Crippen molar-refractivity contribution < 1.29 is 28.6 Å². The van der Waals surface area contributed by atoms with Gasteiger partial charge in [-0.05, 0) is 109 Å². The summed E-state index contributed by atoms with van der Waals surface area (Å²) in [7, 11) is 0. The number of esters is 3. The number of hydrogen-bond donors (Lipinski definition) is 0. The van der Waals surface area contributed by atoms with Crippen molar-refractivity contribution in [2.45, 2.75) is 348 Å². The van der Waals surface area contributed by atoms with E-state index >= 15 is 0 Å². The molecule has 0 aliphatic heterocycles. The zero-order chi connectivity index (χ0) is 57.1. The minimum absolute atomic E-state index is 0.0770. The highest BCUT2D eigenvalue weighted by molar-refractivity contribution is 5.71. The Morgan fingerprint density at radius 2 is 0.519 bits per heavy atom. The van der Waals surface area contributed by atoms with Crippen LogP contribution in [-0.2, 0) is 28.6 Å². The van der Waals surface area contributed by atoms with E-state index in [0.717, 1.165) is 103 Å². The van der Waals surface area contributed by atoms with E-state index in [1.807, 2.05) is 0 Å². The van der Waals surface area contributed by atoms with Gasteiger partial charge < -0.3 is 14.2 Å². The Bertz CT molecular complexity index is 1500. The van der Waals surface area contributed by atoms with Gasteiger partial charge in [0.25, 0.3) is 0 Å². The first-order chi connectivity index (χ1) is 39.0. The minimum atomic E-state index is -0.780. The molecule has 0 aliphatic rings. The molecule has 79 heavy (non-hydrogen) atoms. The summed E-state index contributed by atoms with van der Waals surface area (Å²) < 4.78 is 16.9. The van der Waals surface area contributed by atoms with Gasteiger partial charge in [0.2, 0.25) is 0 Å². The van der Waals surface area contributed by atoms with Gasteiger partial charge in [0.1, 0.15) is 13.2 Å². The van der Waals surface area contributed by atoms with Crippen molar-refractivity contribution in [2.24, 2.45) is 0 Å². The highest BCUT2D eigenvalue weighted by Crippen LogP contribution is 2.17. The highest BCUT2D eigenvalue weighted by atomic mass is 16.6. The van der Waals surface area contributed by atoms with Gasteiger partial charge in [-0.15, -0.1) is 0 Å². The maximum absolute atomic E-state index is 12.9. The van der Waals surface area contributed by atoms with Crippen LogP contribution in [-0.4, -0.2) is 37.2 Å². The molecule has 6 nitrogen and oxygen atoms in total. The lowest BCUT2D eigenvalue weighted by atomic mass is 10.0. The summed E-state index contributed by atoms with van der Waals surface area (Å²) in [5.74, 6) is -0.877. The maximum Gasteiger partial charge on any atom is 0.306 e. The molecule has 0 rings (SSSR count). The fourth-order valence-electron chi connectivity index (χ4n) is 9.76. The van der Waals surface area contributed by atoms with Crippen molar-refractivity contribution in [3.63, 3.8) is 0 Å². The molecule has 6 heteroatoms. The van der Waals surface area contributed by atoms with Gasteiger partial charge in [-0.2, -0.15) is 0 Å². The highest BCUT2D eigenvalue weighted by Gasteiger charge is 2.19. The Morgan fingerprint density at radius 3 is 0.835 bits per heavy atom. The smallest absolute Gasteiger partial charge is 0.306 e. The molecule has 0 N–H and O–H groups in total. The molecular formula is C73H128O6. The first-order valence-electron chi connectivity index (χ1n) is 34.1. The average molecular weight is 1100 g/mol. The number of allylic oxidation sites excluding steroid dienone is 14. The Labute approximate surface area is 490 Å². The van der Waals surface area contributed by atoms with E-state index in [-0.39, 0.29) is 31.1 Å². The van der Waals surface area contributed by atoms with Crippen LogP contribution in [0.1, 0.15) is 342 Å². The molecule has 0 aromatic heterocycles. The molecule has 0 bridgehead atoms. The molecule has 0 aliphatic carbocycles. The van der Waals surface area contributed by atoms with Gasteiger partial charge in [-0.3, -0.25) is 14.4 Å². The van der Waals surface area contributed by atoms with Crippen molar-refractivity contribution in [3.8, 4) is 0 Å². The Hall–Kier alpha value is -3.41. The van der Waals surface area contributed by atoms with Gasteiger partial charge in [0, 0.05) is 19.3 Å². The topological polar surface area (TPSA) is 78.9 Å². The first-order valence-corrected chi connectivity index (χ1v) is 34.1. The van der Waals surface area contributed by atoms with Gasteiger partial charge in [0.15, 0.2) is 6.10 Å². The predicted octanol–water partition coefficient (Wildman–Crippen LogP) is 23.4. The Balaban J connectivity index is 4.11. The summed E-state index contributed by atoms with van der Waals surface area (Å²) in [5.41, 5.74) is 0. The number of rotatable bonds is 62. The third-order valence-electron chi connectivity index (χ3n) is 14.8. The Kier molecular flexibility index (Phi) is 64.2. The van der Waals surface area contributed by atoms with Crippen LogP contribution >= 0.6 is 0 Å². The van der Waals surface area contributed by atoms with Crippen molar-refractivity contribution in [1.82, 2.24) is 0 Å². The van der Waals surface area contributed by atoms with E-state index in [4.69, 9.17) is 14.2 Å². The van der Waals surface area contributed by atoms with Crippen LogP contribution in [0.15, 0.2) is 85.1 Å². The van der Waals surface area contributed by atoms with Crippen LogP contribution in [0, 0.1) is 0 Å². The van der Waals surface area contributed by atoms with Crippen LogP contribution in [0.5, 0.6) is 0 Å². The van der Waals surface area contributed by atoms with Crippen molar-refractivity contribution in [2.75, 3.05) is 13.2 Å². The summed E-state index contributed by atoms with van der Waals surface area (Å²) in [4.78, 5) is 38.2. The van der Waals surface area contributed by atoms with E-state index < -0.39 is 6.10 Å². The fourth-order valence-corrected chi connectivity index (χ4v) is 9.76. The standard InChI is InChI=1S/C73H128O6/c1-4-7-10-13-16-19-22-24-26-28-30-31-32-33-34-35-36-37-38-39-40-41-42-43-44-46-47-49-51-54-57-60-63-66-72(75)78-69-70(68-77-71(74)65-62-59-56-53-21-18-15-12-9-6-3)79-73(76)67-64-61-58-55-52-50-48-45-29-27-25-23-20-17-14-11-8-5-2/h7,10,12,15-16,19,24,26-27,29-31,33-34,70H,4-6,8-9,11,13-14,17-18,20-23,25,28,32,35-69H2,1-3H3/b10-7-,15-12-,19-16-,26-24-,29-27-,31-30-,34-33-. The second-order valence-corrected chi connectivity index (χ2v) is 22.7. The fraction of sp³-hybridized carbons (Fsp3) is 0.767.